The van der Waals surface area contributed by atoms with Gasteiger partial charge in [-0.25, -0.2) is 9.97 Å². The summed E-state index contributed by atoms with van der Waals surface area (Å²) in [5.74, 6) is 0.690. The number of aromatic nitrogens is 2. The Morgan fingerprint density at radius 2 is 1.95 bits per heavy atom. The fourth-order valence-electron chi connectivity index (χ4n) is 2.17. The van der Waals surface area contributed by atoms with Crippen LogP contribution in [0.4, 0.5) is 17.3 Å². The van der Waals surface area contributed by atoms with Crippen molar-refractivity contribution in [2.24, 2.45) is 0 Å². The van der Waals surface area contributed by atoms with Crippen LogP contribution < -0.4 is 10.2 Å². The van der Waals surface area contributed by atoms with E-state index in [1.807, 2.05) is 25.8 Å². The molecule has 0 amide bonds. The molecule has 0 unspecified atom stereocenters. The van der Waals surface area contributed by atoms with Crippen molar-refractivity contribution in [3.63, 3.8) is 0 Å². The van der Waals surface area contributed by atoms with Crippen LogP contribution in [-0.4, -0.2) is 59.1 Å². The van der Waals surface area contributed by atoms with Crippen LogP contribution in [0.5, 0.6) is 0 Å². The summed E-state index contributed by atoms with van der Waals surface area (Å²) in [6.45, 7) is 7.04. The van der Waals surface area contributed by atoms with Crippen LogP contribution in [0.1, 0.15) is 13.8 Å². The van der Waals surface area contributed by atoms with Crippen LogP contribution in [-0.2, 0) is 0 Å². The first kappa shape index (κ1) is 14.4. The summed E-state index contributed by atoms with van der Waals surface area (Å²) in [4.78, 5) is 23.3. The smallest absolute Gasteiger partial charge is 0.353 e. The summed E-state index contributed by atoms with van der Waals surface area (Å²) in [5.41, 5.74) is -0.0363. The number of hydrogen-bond donors (Lipinski definition) is 1. The third-order valence-electron chi connectivity index (χ3n) is 3.21. The van der Waals surface area contributed by atoms with Gasteiger partial charge in [-0.3, -0.25) is 10.1 Å². The van der Waals surface area contributed by atoms with E-state index in [-0.39, 0.29) is 17.5 Å². The summed E-state index contributed by atoms with van der Waals surface area (Å²) in [6, 6.07) is 0.0731. The molecule has 0 aromatic carbocycles. The molecule has 1 aromatic rings. The zero-order valence-corrected chi connectivity index (χ0v) is 12.0. The van der Waals surface area contributed by atoms with Gasteiger partial charge in [0.1, 0.15) is 6.33 Å². The molecular formula is C12H20N6O2. The van der Waals surface area contributed by atoms with Gasteiger partial charge in [-0.2, -0.15) is 0 Å². The maximum atomic E-state index is 11.4. The normalized spacial score (nSPS) is 16.5. The lowest BCUT2D eigenvalue weighted by atomic mass is 10.3. The number of anilines is 2. The van der Waals surface area contributed by atoms with Gasteiger partial charge in [0.25, 0.3) is 0 Å². The van der Waals surface area contributed by atoms with Crippen LogP contribution in [0.15, 0.2) is 6.33 Å². The van der Waals surface area contributed by atoms with Gasteiger partial charge in [-0.05, 0) is 20.9 Å². The molecule has 0 radical (unpaired) electrons. The number of rotatable bonds is 4. The number of nitrogens with zero attached hydrogens (tertiary/aromatic N) is 5. The average molecular weight is 280 g/mol. The van der Waals surface area contributed by atoms with Crippen molar-refractivity contribution in [3.05, 3.63) is 16.4 Å². The Hall–Kier alpha value is -1.96. The fourth-order valence-corrected chi connectivity index (χ4v) is 2.17. The minimum Gasteiger partial charge on any atom is -0.362 e. The van der Waals surface area contributed by atoms with E-state index in [2.05, 4.69) is 20.2 Å². The summed E-state index contributed by atoms with van der Waals surface area (Å²) >= 11 is 0. The first-order valence-electron chi connectivity index (χ1n) is 6.68. The Bertz CT molecular complexity index is 485. The molecule has 1 aliphatic heterocycles. The SMILES string of the molecule is CC(C)Nc1ncnc(N2CCN(C)CC2)c1[N+](=O)[O-]. The molecule has 0 spiro atoms. The molecule has 110 valence electrons. The van der Waals surface area contributed by atoms with Crippen molar-refractivity contribution in [1.29, 1.82) is 0 Å². The van der Waals surface area contributed by atoms with Crippen LogP contribution in [0.2, 0.25) is 0 Å². The van der Waals surface area contributed by atoms with Gasteiger partial charge < -0.3 is 15.1 Å². The van der Waals surface area contributed by atoms with E-state index in [0.29, 0.717) is 5.82 Å². The lowest BCUT2D eigenvalue weighted by Gasteiger charge is -2.32. The van der Waals surface area contributed by atoms with Gasteiger partial charge in [0.05, 0.1) is 4.92 Å². The first-order valence-corrected chi connectivity index (χ1v) is 6.68. The number of piperazine rings is 1. The predicted octanol–water partition coefficient (Wildman–Crippen LogP) is 0.957. The minimum atomic E-state index is -0.404. The van der Waals surface area contributed by atoms with Crippen molar-refractivity contribution in [2.75, 3.05) is 43.4 Å². The molecule has 0 saturated carbocycles. The third kappa shape index (κ3) is 3.13. The van der Waals surface area contributed by atoms with Crippen molar-refractivity contribution in [2.45, 2.75) is 19.9 Å². The highest BCUT2D eigenvalue weighted by atomic mass is 16.6. The summed E-state index contributed by atoms with van der Waals surface area (Å²) in [7, 11) is 2.04. The maximum absolute atomic E-state index is 11.4. The highest BCUT2D eigenvalue weighted by Crippen LogP contribution is 2.32. The van der Waals surface area contributed by atoms with Crippen molar-refractivity contribution >= 4 is 17.3 Å². The molecule has 1 aliphatic rings. The van der Waals surface area contributed by atoms with Gasteiger partial charge >= 0.3 is 5.69 Å². The molecule has 1 saturated heterocycles. The Balaban J connectivity index is 2.34. The monoisotopic (exact) mass is 280 g/mol. The van der Waals surface area contributed by atoms with Crippen molar-refractivity contribution in [3.8, 4) is 0 Å². The standard InChI is InChI=1S/C12H20N6O2/c1-9(2)15-11-10(18(19)20)12(14-8-13-11)17-6-4-16(3)5-7-17/h8-9H,4-7H2,1-3H3,(H,13,14,15). The molecule has 1 N–H and O–H groups in total. The lowest BCUT2D eigenvalue weighted by molar-refractivity contribution is -0.383. The molecule has 0 bridgehead atoms. The van der Waals surface area contributed by atoms with Crippen LogP contribution in [0.3, 0.4) is 0 Å². The molecular weight excluding hydrogens is 260 g/mol. The molecule has 8 nitrogen and oxygen atoms in total. The summed E-state index contributed by atoms with van der Waals surface area (Å²) in [6.07, 6.45) is 1.38. The summed E-state index contributed by atoms with van der Waals surface area (Å²) < 4.78 is 0. The van der Waals surface area contributed by atoms with E-state index in [9.17, 15) is 10.1 Å². The molecule has 1 fully saturated rings. The van der Waals surface area contributed by atoms with Crippen LogP contribution >= 0.6 is 0 Å². The number of likely N-dealkylation sites (N-methyl/N-ethyl adjacent to an activating group) is 1. The Morgan fingerprint density at radius 1 is 1.30 bits per heavy atom. The minimum absolute atomic E-state index is 0.0363. The van der Waals surface area contributed by atoms with Crippen molar-refractivity contribution in [1.82, 2.24) is 14.9 Å². The van der Waals surface area contributed by atoms with Crippen LogP contribution in [0, 0.1) is 10.1 Å². The topological polar surface area (TPSA) is 87.4 Å². The Labute approximate surface area is 118 Å². The third-order valence-corrected chi connectivity index (χ3v) is 3.21. The molecule has 0 aliphatic carbocycles. The molecule has 8 heteroatoms. The first-order chi connectivity index (χ1) is 9.49. The molecule has 0 atom stereocenters. The second-order valence-electron chi connectivity index (χ2n) is 5.24. The largest absolute Gasteiger partial charge is 0.362 e. The molecule has 20 heavy (non-hydrogen) atoms. The number of hydrogen-bond acceptors (Lipinski definition) is 7. The molecule has 2 rings (SSSR count). The number of nitrogens with one attached hydrogen (secondary N) is 1. The second-order valence-corrected chi connectivity index (χ2v) is 5.24. The summed E-state index contributed by atoms with van der Waals surface area (Å²) in [5, 5.41) is 14.4. The Morgan fingerprint density at radius 3 is 2.50 bits per heavy atom. The molecule has 1 aromatic heterocycles. The average Bonchev–Trinajstić information content (AvgIpc) is 2.38. The second kappa shape index (κ2) is 6.00. The quantitative estimate of drug-likeness (QED) is 0.649. The Kier molecular flexibility index (Phi) is 4.33. The number of nitro groups is 1. The van der Waals surface area contributed by atoms with E-state index in [1.54, 1.807) is 0 Å². The van der Waals surface area contributed by atoms with E-state index < -0.39 is 4.92 Å². The van der Waals surface area contributed by atoms with E-state index in [0.717, 1.165) is 26.2 Å². The van der Waals surface area contributed by atoms with E-state index in [1.165, 1.54) is 6.33 Å². The fraction of sp³-hybridized carbons (Fsp3) is 0.667. The van der Waals surface area contributed by atoms with Crippen molar-refractivity contribution < 1.29 is 4.92 Å². The highest BCUT2D eigenvalue weighted by Gasteiger charge is 2.28. The zero-order valence-electron chi connectivity index (χ0n) is 12.0. The highest BCUT2D eigenvalue weighted by molar-refractivity contribution is 5.70. The maximum Gasteiger partial charge on any atom is 0.353 e. The van der Waals surface area contributed by atoms with Crippen LogP contribution in [0.25, 0.3) is 0 Å². The van der Waals surface area contributed by atoms with Gasteiger partial charge in [-0.15, -0.1) is 0 Å². The van der Waals surface area contributed by atoms with Gasteiger partial charge in [0.15, 0.2) is 0 Å². The van der Waals surface area contributed by atoms with E-state index >= 15 is 0 Å². The predicted molar refractivity (Wildman–Crippen MR) is 77.2 cm³/mol. The van der Waals surface area contributed by atoms with Gasteiger partial charge in [-0.1, -0.05) is 0 Å². The molecule has 2 heterocycles. The lowest BCUT2D eigenvalue weighted by Crippen LogP contribution is -2.45. The van der Waals surface area contributed by atoms with Gasteiger partial charge in [0.2, 0.25) is 11.6 Å². The van der Waals surface area contributed by atoms with E-state index in [4.69, 9.17) is 0 Å². The van der Waals surface area contributed by atoms with Gasteiger partial charge in [0, 0.05) is 32.2 Å². The zero-order chi connectivity index (χ0) is 14.7.